The SMILES string of the molecule is O=C(COC(=O)C1CCN(c2ccccc2[N+](=O)[O-])CC1)NCC1(N2CCOCC2)CCCCC1. The Morgan fingerprint density at radius 2 is 1.77 bits per heavy atom. The number of carbonyl (C=O) groups excluding carboxylic acids is 2. The van der Waals surface area contributed by atoms with Crippen molar-refractivity contribution in [1.29, 1.82) is 0 Å². The van der Waals surface area contributed by atoms with Crippen molar-refractivity contribution >= 4 is 23.3 Å². The second-order valence-corrected chi connectivity index (χ2v) is 9.78. The van der Waals surface area contributed by atoms with Crippen molar-refractivity contribution in [3.05, 3.63) is 34.4 Å². The van der Waals surface area contributed by atoms with E-state index in [-0.39, 0.29) is 40.6 Å². The first-order valence-electron chi connectivity index (χ1n) is 12.7. The summed E-state index contributed by atoms with van der Waals surface area (Å²) < 4.78 is 10.9. The normalized spacial score (nSPS) is 21.3. The van der Waals surface area contributed by atoms with Crippen molar-refractivity contribution in [2.24, 2.45) is 5.92 Å². The second kappa shape index (κ2) is 11.8. The van der Waals surface area contributed by atoms with Gasteiger partial charge in [-0.15, -0.1) is 0 Å². The van der Waals surface area contributed by atoms with Gasteiger partial charge in [0.1, 0.15) is 5.69 Å². The Bertz CT molecular complexity index is 890. The van der Waals surface area contributed by atoms with E-state index in [2.05, 4.69) is 10.2 Å². The number of ether oxygens (including phenoxy) is 2. The molecule has 1 saturated carbocycles. The first-order valence-corrected chi connectivity index (χ1v) is 12.7. The Labute approximate surface area is 206 Å². The quantitative estimate of drug-likeness (QED) is 0.337. The highest BCUT2D eigenvalue weighted by atomic mass is 16.6. The molecule has 0 aromatic heterocycles. The molecule has 35 heavy (non-hydrogen) atoms. The van der Waals surface area contributed by atoms with E-state index >= 15 is 0 Å². The molecule has 1 N–H and O–H groups in total. The van der Waals surface area contributed by atoms with Gasteiger partial charge < -0.3 is 19.7 Å². The molecule has 2 aliphatic heterocycles. The van der Waals surface area contributed by atoms with E-state index in [9.17, 15) is 19.7 Å². The van der Waals surface area contributed by atoms with Gasteiger partial charge in [-0.2, -0.15) is 0 Å². The molecular formula is C25H36N4O6. The molecule has 0 atom stereocenters. The number of para-hydroxylation sites is 2. The van der Waals surface area contributed by atoms with Crippen molar-refractivity contribution in [1.82, 2.24) is 10.2 Å². The van der Waals surface area contributed by atoms with Crippen LogP contribution in [0.15, 0.2) is 24.3 Å². The topological polar surface area (TPSA) is 114 Å². The van der Waals surface area contributed by atoms with Gasteiger partial charge in [0, 0.05) is 44.3 Å². The molecule has 0 unspecified atom stereocenters. The maximum Gasteiger partial charge on any atom is 0.309 e. The molecule has 3 aliphatic rings. The predicted molar refractivity (Wildman–Crippen MR) is 130 cm³/mol. The number of carbonyl (C=O) groups is 2. The number of piperidine rings is 1. The van der Waals surface area contributed by atoms with Crippen LogP contribution < -0.4 is 10.2 Å². The molecular weight excluding hydrogens is 452 g/mol. The van der Waals surface area contributed by atoms with Gasteiger partial charge in [-0.25, -0.2) is 0 Å². The number of morpholine rings is 1. The lowest BCUT2D eigenvalue weighted by Crippen LogP contribution is -2.59. The zero-order valence-corrected chi connectivity index (χ0v) is 20.3. The Morgan fingerprint density at radius 1 is 1.09 bits per heavy atom. The van der Waals surface area contributed by atoms with Crippen molar-refractivity contribution < 1.29 is 24.0 Å². The second-order valence-electron chi connectivity index (χ2n) is 9.78. The van der Waals surface area contributed by atoms with Crippen molar-refractivity contribution in [2.75, 3.05) is 57.4 Å². The number of nitrogens with zero attached hydrogens (tertiary/aromatic N) is 3. The number of rotatable bonds is 8. The van der Waals surface area contributed by atoms with Crippen molar-refractivity contribution in [2.45, 2.75) is 50.5 Å². The highest BCUT2D eigenvalue weighted by Crippen LogP contribution is 2.34. The summed E-state index contributed by atoms with van der Waals surface area (Å²) in [5, 5.41) is 14.3. The predicted octanol–water partition coefficient (Wildman–Crippen LogP) is 2.51. The molecule has 1 amide bonds. The third-order valence-corrected chi connectivity index (χ3v) is 7.67. The molecule has 2 saturated heterocycles. The molecule has 0 bridgehead atoms. The molecule has 192 valence electrons. The summed E-state index contributed by atoms with van der Waals surface area (Å²) in [6, 6.07) is 6.65. The standard InChI is InChI=1S/C25H36N4O6/c30-23(26-19-25(10-4-1-5-11-25)28-14-16-34-17-15-28)18-35-24(31)20-8-12-27(13-9-20)21-6-2-3-7-22(21)29(32)33/h2-3,6-7,20H,1,4-5,8-19H2,(H,26,30). The van der Waals surface area contributed by atoms with Crippen LogP contribution >= 0.6 is 0 Å². The van der Waals surface area contributed by atoms with E-state index in [0.29, 0.717) is 38.2 Å². The van der Waals surface area contributed by atoms with E-state index in [1.54, 1.807) is 18.2 Å². The first kappa shape index (κ1) is 25.4. The van der Waals surface area contributed by atoms with Gasteiger partial charge in [0.15, 0.2) is 6.61 Å². The monoisotopic (exact) mass is 488 g/mol. The number of hydrogen-bond acceptors (Lipinski definition) is 8. The molecule has 10 nitrogen and oxygen atoms in total. The number of nitro groups is 1. The molecule has 2 heterocycles. The van der Waals surface area contributed by atoms with Gasteiger partial charge in [-0.05, 0) is 31.7 Å². The third kappa shape index (κ3) is 6.29. The Kier molecular flexibility index (Phi) is 8.56. The van der Waals surface area contributed by atoms with Gasteiger partial charge >= 0.3 is 5.97 Å². The van der Waals surface area contributed by atoms with Crippen molar-refractivity contribution in [3.63, 3.8) is 0 Å². The molecule has 1 aromatic rings. The molecule has 1 aliphatic carbocycles. The molecule has 1 aromatic carbocycles. The van der Waals surface area contributed by atoms with Crippen LogP contribution in [-0.4, -0.2) is 79.8 Å². The van der Waals surface area contributed by atoms with E-state index < -0.39 is 0 Å². The summed E-state index contributed by atoms with van der Waals surface area (Å²) in [7, 11) is 0. The minimum absolute atomic E-state index is 0.0332. The molecule has 10 heteroatoms. The van der Waals surface area contributed by atoms with Crippen LogP contribution in [0.25, 0.3) is 0 Å². The summed E-state index contributed by atoms with van der Waals surface area (Å²) in [6.45, 7) is 4.57. The lowest BCUT2D eigenvalue weighted by Gasteiger charge is -2.48. The average molecular weight is 489 g/mol. The molecule has 4 rings (SSSR count). The van der Waals surface area contributed by atoms with Gasteiger partial charge in [0.05, 0.1) is 24.1 Å². The van der Waals surface area contributed by atoms with Gasteiger partial charge in [-0.3, -0.25) is 24.6 Å². The van der Waals surface area contributed by atoms with Gasteiger partial charge in [-0.1, -0.05) is 31.4 Å². The Hall–Kier alpha value is -2.72. The number of hydrogen-bond donors (Lipinski definition) is 1. The third-order valence-electron chi connectivity index (χ3n) is 7.67. The number of esters is 1. The first-order chi connectivity index (χ1) is 17.0. The minimum atomic E-state index is -0.384. The Morgan fingerprint density at radius 3 is 2.46 bits per heavy atom. The Balaban J connectivity index is 1.22. The van der Waals surface area contributed by atoms with Crippen LogP contribution in [0, 0.1) is 16.0 Å². The van der Waals surface area contributed by atoms with E-state index in [1.165, 1.54) is 12.5 Å². The number of nitro benzene ring substituents is 1. The lowest BCUT2D eigenvalue weighted by atomic mass is 9.79. The molecule has 0 radical (unpaired) electrons. The van der Waals surface area contributed by atoms with Crippen LogP contribution in [0.4, 0.5) is 11.4 Å². The summed E-state index contributed by atoms with van der Waals surface area (Å²) in [6.07, 6.45) is 6.74. The zero-order chi connectivity index (χ0) is 24.7. The minimum Gasteiger partial charge on any atom is -0.455 e. The highest BCUT2D eigenvalue weighted by Gasteiger charge is 2.39. The highest BCUT2D eigenvalue weighted by molar-refractivity contribution is 5.81. The van der Waals surface area contributed by atoms with Crippen LogP contribution in [0.3, 0.4) is 0 Å². The summed E-state index contributed by atoms with van der Waals surface area (Å²) in [5.41, 5.74) is 0.604. The zero-order valence-electron chi connectivity index (χ0n) is 20.3. The summed E-state index contributed by atoms with van der Waals surface area (Å²) in [5.74, 6) is -0.948. The smallest absolute Gasteiger partial charge is 0.309 e. The maximum absolute atomic E-state index is 12.6. The van der Waals surface area contributed by atoms with Crippen LogP contribution in [0.5, 0.6) is 0 Å². The average Bonchev–Trinajstić information content (AvgIpc) is 2.91. The largest absolute Gasteiger partial charge is 0.455 e. The fourth-order valence-corrected chi connectivity index (χ4v) is 5.66. The molecule has 3 fully saturated rings. The van der Waals surface area contributed by atoms with Gasteiger partial charge in [0.2, 0.25) is 0 Å². The van der Waals surface area contributed by atoms with E-state index in [1.807, 2.05) is 4.90 Å². The van der Waals surface area contributed by atoms with E-state index in [0.717, 1.165) is 52.0 Å². The maximum atomic E-state index is 12.6. The van der Waals surface area contributed by atoms with Crippen LogP contribution in [0.2, 0.25) is 0 Å². The van der Waals surface area contributed by atoms with Gasteiger partial charge in [0.25, 0.3) is 11.6 Å². The summed E-state index contributed by atoms with van der Waals surface area (Å²) in [4.78, 5) is 40.4. The molecule has 0 spiro atoms. The van der Waals surface area contributed by atoms with Crippen LogP contribution in [0.1, 0.15) is 44.9 Å². The summed E-state index contributed by atoms with van der Waals surface area (Å²) >= 11 is 0. The number of nitrogens with one attached hydrogen (secondary N) is 1. The lowest BCUT2D eigenvalue weighted by molar-refractivity contribution is -0.384. The van der Waals surface area contributed by atoms with Crippen molar-refractivity contribution in [3.8, 4) is 0 Å². The number of anilines is 1. The fraction of sp³-hybridized carbons (Fsp3) is 0.680. The number of amides is 1. The number of benzene rings is 1. The van der Waals surface area contributed by atoms with Crippen LogP contribution in [-0.2, 0) is 19.1 Å². The fourth-order valence-electron chi connectivity index (χ4n) is 5.66. The van der Waals surface area contributed by atoms with E-state index in [4.69, 9.17) is 9.47 Å².